The van der Waals surface area contributed by atoms with Crippen LogP contribution in [0, 0.1) is 5.92 Å². The van der Waals surface area contributed by atoms with Crippen molar-refractivity contribution in [2.45, 2.75) is 71.4 Å². The lowest BCUT2D eigenvalue weighted by molar-refractivity contribution is -0.141. The first-order chi connectivity index (χ1) is 14.8. The van der Waals surface area contributed by atoms with Crippen molar-refractivity contribution in [3.05, 3.63) is 47.7 Å². The molecule has 0 saturated heterocycles. The van der Waals surface area contributed by atoms with E-state index in [1.165, 1.54) is 11.0 Å². The molecule has 2 unspecified atom stereocenters. The number of hydrogen-bond acceptors (Lipinski definition) is 4. The molecule has 3 amide bonds. The number of primary amides is 1. The first-order valence-corrected chi connectivity index (χ1v) is 11.2. The minimum atomic E-state index is -1.18. The van der Waals surface area contributed by atoms with Crippen molar-refractivity contribution >= 4 is 17.7 Å². The Kier molecular flexibility index (Phi) is 9.64. The van der Waals surface area contributed by atoms with Gasteiger partial charge in [-0.25, -0.2) is 0 Å². The van der Waals surface area contributed by atoms with Gasteiger partial charge in [0.1, 0.15) is 5.54 Å². The van der Waals surface area contributed by atoms with Gasteiger partial charge < -0.3 is 21.3 Å². The van der Waals surface area contributed by atoms with E-state index in [-0.39, 0.29) is 17.7 Å². The van der Waals surface area contributed by atoms with Crippen LogP contribution in [0.1, 0.15) is 59.9 Å². The van der Waals surface area contributed by atoms with Crippen LogP contribution in [0.4, 0.5) is 0 Å². The molecular weight excluding hydrogens is 404 g/mol. The van der Waals surface area contributed by atoms with Crippen LogP contribution in [0.25, 0.3) is 0 Å². The third-order valence-electron chi connectivity index (χ3n) is 6.32. The number of rotatable bonds is 11. The van der Waals surface area contributed by atoms with E-state index in [1.54, 1.807) is 21.0 Å². The molecule has 1 rings (SSSR count). The highest BCUT2D eigenvalue weighted by atomic mass is 16.2. The molecule has 0 radical (unpaired) electrons. The van der Waals surface area contributed by atoms with Gasteiger partial charge in [-0.3, -0.25) is 14.4 Å². The molecule has 1 aromatic rings. The van der Waals surface area contributed by atoms with E-state index < -0.39 is 22.9 Å². The second kappa shape index (κ2) is 11.3. The van der Waals surface area contributed by atoms with Gasteiger partial charge in [-0.15, -0.1) is 0 Å². The Morgan fingerprint density at radius 2 is 1.69 bits per heavy atom. The Balaban J connectivity index is 3.28. The highest BCUT2D eigenvalue weighted by molar-refractivity contribution is 5.95. The number of nitrogens with one attached hydrogen (secondary N) is 2. The Hall–Kier alpha value is -2.67. The average Bonchev–Trinajstić information content (AvgIpc) is 2.72. The van der Waals surface area contributed by atoms with E-state index in [1.807, 2.05) is 65.0 Å². The van der Waals surface area contributed by atoms with E-state index in [9.17, 15) is 14.4 Å². The Morgan fingerprint density at radius 3 is 2.12 bits per heavy atom. The van der Waals surface area contributed by atoms with E-state index in [0.717, 1.165) is 12.0 Å². The summed E-state index contributed by atoms with van der Waals surface area (Å²) in [4.78, 5) is 40.0. The number of carbonyl (C=O) groups is 3. The first-order valence-electron chi connectivity index (χ1n) is 11.2. The van der Waals surface area contributed by atoms with Gasteiger partial charge in [0.15, 0.2) is 0 Å². The molecule has 7 heteroatoms. The SMILES string of the molecule is CCCC(=CC(N)=O)N(C)C(=O)C(C)(NC(=O)C(NC)C(C)(C)c1ccccc1)C(C)C. The first kappa shape index (κ1) is 27.4. The molecule has 2 atom stereocenters. The smallest absolute Gasteiger partial charge is 0.252 e. The number of allylic oxidation sites excluding steroid dienone is 1. The van der Waals surface area contributed by atoms with Crippen LogP contribution in [0.5, 0.6) is 0 Å². The Morgan fingerprint density at radius 1 is 1.12 bits per heavy atom. The van der Waals surface area contributed by atoms with Gasteiger partial charge >= 0.3 is 0 Å². The summed E-state index contributed by atoms with van der Waals surface area (Å²) in [5.74, 6) is -1.37. The lowest BCUT2D eigenvalue weighted by Gasteiger charge is -2.40. The van der Waals surface area contributed by atoms with E-state index >= 15 is 0 Å². The van der Waals surface area contributed by atoms with Gasteiger partial charge in [-0.05, 0) is 31.9 Å². The molecule has 0 spiro atoms. The third-order valence-corrected chi connectivity index (χ3v) is 6.32. The molecule has 32 heavy (non-hydrogen) atoms. The molecule has 0 saturated carbocycles. The summed E-state index contributed by atoms with van der Waals surface area (Å²) < 4.78 is 0. The number of amides is 3. The predicted octanol–water partition coefficient (Wildman–Crippen LogP) is 2.71. The zero-order chi connectivity index (χ0) is 24.7. The van der Waals surface area contributed by atoms with E-state index in [2.05, 4.69) is 10.6 Å². The lowest BCUT2D eigenvalue weighted by atomic mass is 9.76. The topological polar surface area (TPSA) is 105 Å². The fraction of sp³-hybridized carbons (Fsp3) is 0.560. The van der Waals surface area contributed by atoms with Gasteiger partial charge in [0.05, 0.1) is 6.04 Å². The van der Waals surface area contributed by atoms with Gasteiger partial charge in [0.2, 0.25) is 11.8 Å². The number of hydrogen-bond donors (Lipinski definition) is 3. The largest absolute Gasteiger partial charge is 0.366 e. The summed E-state index contributed by atoms with van der Waals surface area (Å²) in [6, 6.07) is 9.23. The molecule has 178 valence electrons. The molecule has 0 aliphatic heterocycles. The predicted molar refractivity (Wildman–Crippen MR) is 129 cm³/mol. The summed E-state index contributed by atoms with van der Waals surface area (Å²) in [5.41, 5.74) is 5.18. The van der Waals surface area contributed by atoms with Crippen LogP contribution in [0.15, 0.2) is 42.1 Å². The van der Waals surface area contributed by atoms with Crippen LogP contribution in [0.2, 0.25) is 0 Å². The monoisotopic (exact) mass is 444 g/mol. The molecule has 0 bridgehead atoms. The molecule has 0 heterocycles. The number of nitrogens with two attached hydrogens (primary N) is 1. The van der Waals surface area contributed by atoms with Crippen LogP contribution in [-0.2, 0) is 19.8 Å². The summed E-state index contributed by atoms with van der Waals surface area (Å²) >= 11 is 0. The molecule has 4 N–H and O–H groups in total. The molecule has 0 fully saturated rings. The van der Waals surface area contributed by atoms with Crippen molar-refractivity contribution in [1.29, 1.82) is 0 Å². The minimum absolute atomic E-state index is 0.199. The van der Waals surface area contributed by atoms with Crippen LogP contribution in [-0.4, -0.2) is 48.3 Å². The molecule has 1 aromatic carbocycles. The maximum absolute atomic E-state index is 13.6. The molecule has 0 aliphatic rings. The second-order valence-electron chi connectivity index (χ2n) is 9.31. The average molecular weight is 445 g/mol. The van der Waals surface area contributed by atoms with Crippen molar-refractivity contribution in [2.75, 3.05) is 14.1 Å². The van der Waals surface area contributed by atoms with Gasteiger partial charge in [0, 0.05) is 24.2 Å². The summed E-state index contributed by atoms with van der Waals surface area (Å²) in [6.07, 6.45) is 2.54. The fourth-order valence-electron chi connectivity index (χ4n) is 3.86. The fourth-order valence-corrected chi connectivity index (χ4v) is 3.86. The van der Waals surface area contributed by atoms with Crippen molar-refractivity contribution in [3.63, 3.8) is 0 Å². The number of carbonyl (C=O) groups excluding carboxylic acids is 3. The van der Waals surface area contributed by atoms with Gasteiger partial charge in [-0.1, -0.05) is 71.4 Å². The number of nitrogens with zero attached hydrogens (tertiary/aromatic N) is 1. The highest BCUT2D eigenvalue weighted by Crippen LogP contribution is 2.29. The Labute approximate surface area is 192 Å². The van der Waals surface area contributed by atoms with Crippen molar-refractivity contribution < 1.29 is 14.4 Å². The quantitative estimate of drug-likeness (QED) is 0.457. The van der Waals surface area contributed by atoms with Crippen molar-refractivity contribution in [3.8, 4) is 0 Å². The standard InChI is InChI=1S/C25H40N4O3/c1-9-13-19(16-20(26)30)29(8)23(32)25(6,17(2)3)28-22(31)21(27-7)24(4,5)18-14-11-10-12-15-18/h10-12,14-17,21,27H,9,13H2,1-8H3,(H2,26,30)(H,28,31). The zero-order valence-electron chi connectivity index (χ0n) is 20.8. The van der Waals surface area contributed by atoms with Gasteiger partial charge in [-0.2, -0.15) is 0 Å². The maximum Gasteiger partial charge on any atom is 0.252 e. The maximum atomic E-state index is 13.6. The zero-order valence-corrected chi connectivity index (χ0v) is 20.8. The number of benzene rings is 1. The number of likely N-dealkylation sites (N-methyl/N-ethyl adjacent to an activating group) is 2. The molecule has 7 nitrogen and oxygen atoms in total. The van der Waals surface area contributed by atoms with E-state index in [4.69, 9.17) is 5.73 Å². The van der Waals surface area contributed by atoms with E-state index in [0.29, 0.717) is 12.1 Å². The highest BCUT2D eigenvalue weighted by Gasteiger charge is 2.44. The second-order valence-corrected chi connectivity index (χ2v) is 9.31. The van der Waals surface area contributed by atoms with Crippen LogP contribution >= 0.6 is 0 Å². The summed E-state index contributed by atoms with van der Waals surface area (Å²) in [6.45, 7) is 11.5. The van der Waals surface area contributed by atoms with Gasteiger partial charge in [0.25, 0.3) is 5.91 Å². The molecular formula is C25H40N4O3. The minimum Gasteiger partial charge on any atom is -0.366 e. The molecule has 0 aliphatic carbocycles. The molecule has 0 aromatic heterocycles. The van der Waals surface area contributed by atoms with Crippen LogP contribution in [0.3, 0.4) is 0 Å². The van der Waals surface area contributed by atoms with Crippen molar-refractivity contribution in [1.82, 2.24) is 15.5 Å². The Bertz CT molecular complexity index is 833. The summed E-state index contributed by atoms with van der Waals surface area (Å²) in [7, 11) is 3.35. The lowest BCUT2D eigenvalue weighted by Crippen LogP contribution is -2.65. The third kappa shape index (κ3) is 6.19. The normalized spacial score (nSPS) is 15.1. The van der Waals surface area contributed by atoms with Crippen LogP contribution < -0.4 is 16.4 Å². The van der Waals surface area contributed by atoms with Crippen molar-refractivity contribution in [2.24, 2.45) is 11.7 Å². The summed E-state index contributed by atoms with van der Waals surface area (Å²) in [5, 5.41) is 6.14.